The largest absolute Gasteiger partial charge is 0.469 e. The maximum absolute atomic E-state index is 12.3. The summed E-state index contributed by atoms with van der Waals surface area (Å²) in [5.41, 5.74) is 0.791. The van der Waals surface area contributed by atoms with Crippen molar-refractivity contribution in [1.82, 2.24) is 25.3 Å². The van der Waals surface area contributed by atoms with Crippen LogP contribution in [-0.2, 0) is 17.8 Å². The van der Waals surface area contributed by atoms with Gasteiger partial charge in [0.15, 0.2) is 0 Å². The van der Waals surface area contributed by atoms with E-state index in [4.69, 9.17) is 9.15 Å². The average molecular weight is 491 g/mol. The van der Waals surface area contributed by atoms with Crippen molar-refractivity contribution in [3.8, 4) is 5.88 Å². The molecule has 0 bridgehead atoms. The Morgan fingerprint density at radius 3 is 2.77 bits per heavy atom. The first-order chi connectivity index (χ1) is 17.0. The van der Waals surface area contributed by atoms with E-state index in [1.165, 1.54) is 6.08 Å². The standard InChI is InChI=1S/C23H18N6O5S/c30-20-15-5-1-2-6-16(15)26-18(27-20)7-8-24-22-25-13(10-17-21(31)29-23(32)35-17)11-19(28-22)34-12-14-4-3-9-33-14/h1-6,9-11H,7-8,12H2,(H,24,25,28)(H,26,27,30)(H,29,31,32). The van der Waals surface area contributed by atoms with E-state index in [1.807, 2.05) is 6.07 Å². The number of carbonyl (C=O) groups is 2. The Bertz CT molecular complexity index is 1500. The van der Waals surface area contributed by atoms with Crippen LogP contribution in [0.5, 0.6) is 5.88 Å². The molecule has 3 N–H and O–H groups in total. The van der Waals surface area contributed by atoms with E-state index in [-0.39, 0.29) is 28.9 Å². The van der Waals surface area contributed by atoms with Crippen LogP contribution in [0, 0.1) is 0 Å². The average Bonchev–Trinajstić information content (AvgIpc) is 3.47. The Kier molecular flexibility index (Phi) is 6.26. The molecule has 176 valence electrons. The number of carbonyl (C=O) groups excluding carboxylic acids is 2. The number of para-hydroxylation sites is 1. The van der Waals surface area contributed by atoms with Gasteiger partial charge in [-0.3, -0.25) is 19.7 Å². The van der Waals surface area contributed by atoms with Gasteiger partial charge < -0.3 is 19.5 Å². The van der Waals surface area contributed by atoms with Gasteiger partial charge in [-0.05, 0) is 42.1 Å². The lowest BCUT2D eigenvalue weighted by atomic mass is 10.2. The second kappa shape index (κ2) is 9.81. The predicted octanol–water partition coefficient (Wildman–Crippen LogP) is 2.86. The Morgan fingerprint density at radius 1 is 1.09 bits per heavy atom. The van der Waals surface area contributed by atoms with E-state index >= 15 is 0 Å². The van der Waals surface area contributed by atoms with E-state index in [2.05, 4.69) is 30.6 Å². The highest BCUT2D eigenvalue weighted by atomic mass is 32.2. The number of H-pyrrole nitrogens is 1. The second-order valence-electron chi connectivity index (χ2n) is 7.38. The van der Waals surface area contributed by atoms with Crippen LogP contribution in [0.2, 0.25) is 0 Å². The molecule has 1 fully saturated rings. The summed E-state index contributed by atoms with van der Waals surface area (Å²) in [6.45, 7) is 0.516. The molecule has 0 unspecified atom stereocenters. The van der Waals surface area contributed by atoms with Crippen molar-refractivity contribution in [3.63, 3.8) is 0 Å². The summed E-state index contributed by atoms with van der Waals surface area (Å²) in [5.74, 6) is 1.13. The maximum atomic E-state index is 12.3. The molecular formula is C23H18N6O5S. The van der Waals surface area contributed by atoms with E-state index in [9.17, 15) is 14.4 Å². The van der Waals surface area contributed by atoms with Gasteiger partial charge in [-0.15, -0.1) is 0 Å². The van der Waals surface area contributed by atoms with E-state index in [0.717, 1.165) is 11.8 Å². The summed E-state index contributed by atoms with van der Waals surface area (Å²) < 4.78 is 11.0. The third kappa shape index (κ3) is 5.38. The van der Waals surface area contributed by atoms with Crippen molar-refractivity contribution in [1.29, 1.82) is 0 Å². The van der Waals surface area contributed by atoms with E-state index in [0.29, 0.717) is 41.1 Å². The molecule has 0 spiro atoms. The number of rotatable bonds is 8. The lowest BCUT2D eigenvalue weighted by Gasteiger charge is -2.09. The Balaban J connectivity index is 1.34. The van der Waals surface area contributed by atoms with Crippen molar-refractivity contribution in [2.75, 3.05) is 11.9 Å². The number of aromatic nitrogens is 4. The van der Waals surface area contributed by atoms with Crippen molar-refractivity contribution in [2.24, 2.45) is 0 Å². The van der Waals surface area contributed by atoms with Gasteiger partial charge in [0, 0.05) is 19.0 Å². The number of fused-ring (bicyclic) bond motifs is 1. The zero-order chi connectivity index (χ0) is 24.2. The zero-order valence-corrected chi connectivity index (χ0v) is 18.9. The molecule has 3 aromatic heterocycles. The molecule has 35 heavy (non-hydrogen) atoms. The number of thioether (sulfide) groups is 1. The van der Waals surface area contributed by atoms with Crippen LogP contribution in [0.4, 0.5) is 10.7 Å². The molecule has 1 aromatic carbocycles. The van der Waals surface area contributed by atoms with Crippen molar-refractivity contribution in [3.05, 3.63) is 81.3 Å². The molecule has 1 saturated heterocycles. The normalized spacial score (nSPS) is 14.5. The fourth-order valence-corrected chi connectivity index (χ4v) is 3.98. The summed E-state index contributed by atoms with van der Waals surface area (Å²) in [4.78, 5) is 51.9. The number of benzene rings is 1. The minimum Gasteiger partial charge on any atom is -0.469 e. The number of imide groups is 1. The molecule has 5 rings (SSSR count). The van der Waals surface area contributed by atoms with Crippen molar-refractivity contribution < 1.29 is 18.7 Å². The van der Waals surface area contributed by atoms with Gasteiger partial charge in [0.1, 0.15) is 18.2 Å². The monoisotopic (exact) mass is 490 g/mol. The van der Waals surface area contributed by atoms with Gasteiger partial charge in [0.25, 0.3) is 16.7 Å². The first kappa shape index (κ1) is 22.3. The van der Waals surface area contributed by atoms with E-state index < -0.39 is 11.1 Å². The number of nitrogens with one attached hydrogen (secondary N) is 3. The summed E-state index contributed by atoms with van der Waals surface area (Å²) >= 11 is 0.792. The molecule has 4 aromatic rings. The summed E-state index contributed by atoms with van der Waals surface area (Å²) in [6, 6.07) is 12.2. The Morgan fingerprint density at radius 2 is 1.97 bits per heavy atom. The van der Waals surface area contributed by atoms with Crippen molar-refractivity contribution in [2.45, 2.75) is 13.0 Å². The molecule has 1 aliphatic rings. The first-order valence-corrected chi connectivity index (χ1v) is 11.4. The summed E-state index contributed by atoms with van der Waals surface area (Å²) in [6.07, 6.45) is 3.43. The van der Waals surface area contributed by atoms with Gasteiger partial charge in [0.2, 0.25) is 11.8 Å². The highest BCUT2D eigenvalue weighted by Crippen LogP contribution is 2.26. The van der Waals surface area contributed by atoms with Crippen molar-refractivity contribution >= 4 is 45.8 Å². The molecule has 11 nitrogen and oxygen atoms in total. The number of amides is 2. The fraction of sp³-hybridized carbons (Fsp3) is 0.130. The minimum absolute atomic E-state index is 0.148. The smallest absolute Gasteiger partial charge is 0.290 e. The van der Waals surface area contributed by atoms with Gasteiger partial charge in [-0.2, -0.15) is 4.98 Å². The molecule has 0 aliphatic carbocycles. The van der Waals surface area contributed by atoms with Crippen LogP contribution < -0.4 is 20.9 Å². The van der Waals surface area contributed by atoms with Gasteiger partial charge >= 0.3 is 0 Å². The SMILES string of the molecule is O=C1NC(=O)C(=Cc2cc(OCc3ccco3)nc(NCCc3nc4ccccc4c(=O)[nH]3)n2)S1. The molecule has 0 radical (unpaired) electrons. The molecule has 2 amide bonds. The number of aromatic amines is 1. The third-order valence-corrected chi connectivity index (χ3v) is 5.70. The van der Waals surface area contributed by atoms with Crippen LogP contribution >= 0.6 is 11.8 Å². The fourth-order valence-electron chi connectivity index (χ4n) is 3.31. The van der Waals surface area contributed by atoms with Gasteiger partial charge in [-0.25, -0.2) is 9.97 Å². The number of ether oxygens (including phenoxy) is 1. The highest BCUT2D eigenvalue weighted by molar-refractivity contribution is 8.18. The number of hydrogen-bond acceptors (Lipinski definition) is 10. The number of nitrogens with zero attached hydrogens (tertiary/aromatic N) is 3. The molecule has 4 heterocycles. The van der Waals surface area contributed by atoms with E-state index in [1.54, 1.807) is 42.7 Å². The van der Waals surface area contributed by atoms with Crippen LogP contribution in [0.3, 0.4) is 0 Å². The number of anilines is 1. The lowest BCUT2D eigenvalue weighted by molar-refractivity contribution is -0.115. The van der Waals surface area contributed by atoms with Crippen LogP contribution in [-0.4, -0.2) is 37.6 Å². The molecule has 0 saturated carbocycles. The Hall–Kier alpha value is -4.45. The molecule has 12 heteroatoms. The zero-order valence-electron chi connectivity index (χ0n) is 18.1. The summed E-state index contributed by atoms with van der Waals surface area (Å²) in [5, 5.41) is 5.38. The van der Waals surface area contributed by atoms with Crippen LogP contribution in [0.25, 0.3) is 17.0 Å². The summed E-state index contributed by atoms with van der Waals surface area (Å²) in [7, 11) is 0. The van der Waals surface area contributed by atoms with Crippen LogP contribution in [0.15, 0.2) is 62.8 Å². The lowest BCUT2D eigenvalue weighted by Crippen LogP contribution is -2.18. The predicted molar refractivity (Wildman–Crippen MR) is 129 cm³/mol. The quantitative estimate of drug-likeness (QED) is 0.314. The molecule has 1 aliphatic heterocycles. The Labute approximate surface area is 202 Å². The molecular weight excluding hydrogens is 472 g/mol. The maximum Gasteiger partial charge on any atom is 0.290 e. The number of hydrogen-bond donors (Lipinski definition) is 3. The minimum atomic E-state index is -0.488. The van der Waals surface area contributed by atoms with Gasteiger partial charge in [-0.1, -0.05) is 12.1 Å². The molecule has 0 atom stereocenters. The highest BCUT2D eigenvalue weighted by Gasteiger charge is 2.25. The first-order valence-electron chi connectivity index (χ1n) is 10.5. The second-order valence-corrected chi connectivity index (χ2v) is 8.40. The van der Waals surface area contributed by atoms with Gasteiger partial charge in [0.05, 0.1) is 27.8 Å². The third-order valence-electron chi connectivity index (χ3n) is 4.89. The number of furan rings is 1. The topological polar surface area (TPSA) is 152 Å². The van der Waals surface area contributed by atoms with Crippen LogP contribution in [0.1, 0.15) is 17.3 Å².